The Labute approximate surface area is 119 Å². The van der Waals surface area contributed by atoms with Gasteiger partial charge in [-0.05, 0) is 45.6 Å². The molecule has 1 saturated heterocycles. The normalized spacial score (nSPS) is 25.4. The third kappa shape index (κ3) is 2.82. The Morgan fingerprint density at radius 3 is 2.85 bits per heavy atom. The van der Waals surface area contributed by atoms with Crippen molar-refractivity contribution in [1.82, 2.24) is 9.88 Å². The van der Waals surface area contributed by atoms with Crippen molar-refractivity contribution in [2.45, 2.75) is 57.2 Å². The Bertz CT molecular complexity index is 517. The first-order chi connectivity index (χ1) is 9.44. The number of nitrogens with zero attached hydrogens (tertiary/aromatic N) is 1. The lowest BCUT2D eigenvalue weighted by Crippen LogP contribution is -2.46. The molecule has 0 aromatic carbocycles. The van der Waals surface area contributed by atoms with Gasteiger partial charge in [0.2, 0.25) is 0 Å². The number of ether oxygens (including phenoxy) is 1. The van der Waals surface area contributed by atoms with Gasteiger partial charge in [-0.2, -0.15) is 0 Å². The zero-order valence-electron chi connectivity index (χ0n) is 12.2. The number of nitrogen functional groups attached to an aromatic ring is 1. The van der Waals surface area contributed by atoms with E-state index in [1.54, 1.807) is 6.07 Å². The molecule has 1 amide bonds. The van der Waals surface area contributed by atoms with Crippen LogP contribution in [-0.4, -0.2) is 28.7 Å². The second-order valence-corrected chi connectivity index (χ2v) is 6.57. The van der Waals surface area contributed by atoms with Crippen molar-refractivity contribution in [2.75, 3.05) is 12.3 Å². The summed E-state index contributed by atoms with van der Waals surface area (Å²) < 4.78 is 7.71. The smallest absolute Gasteiger partial charge is 0.268 e. The highest BCUT2D eigenvalue weighted by Crippen LogP contribution is 2.37. The number of anilines is 1. The largest absolute Gasteiger partial charge is 0.397 e. The topological polar surface area (TPSA) is 69.3 Å². The summed E-state index contributed by atoms with van der Waals surface area (Å²) in [4.78, 5) is 12.5. The van der Waals surface area contributed by atoms with Crippen molar-refractivity contribution in [1.29, 1.82) is 0 Å². The number of carbonyl (C=O) groups excluding carboxylic acids is 1. The molecule has 1 aliphatic carbocycles. The molecule has 3 rings (SSSR count). The van der Waals surface area contributed by atoms with Crippen LogP contribution in [0.25, 0.3) is 0 Å². The van der Waals surface area contributed by atoms with Crippen molar-refractivity contribution in [3.05, 3.63) is 18.0 Å². The van der Waals surface area contributed by atoms with E-state index in [1.807, 2.05) is 10.8 Å². The summed E-state index contributed by atoms with van der Waals surface area (Å²) in [5.74, 6) is -0.0173. The van der Waals surface area contributed by atoms with Gasteiger partial charge in [-0.1, -0.05) is 0 Å². The third-order valence-electron chi connectivity index (χ3n) is 4.07. The summed E-state index contributed by atoms with van der Waals surface area (Å²) in [5.41, 5.74) is 7.03. The second kappa shape index (κ2) is 4.81. The van der Waals surface area contributed by atoms with Crippen LogP contribution < -0.4 is 11.1 Å². The van der Waals surface area contributed by atoms with E-state index >= 15 is 0 Å². The Morgan fingerprint density at radius 2 is 2.20 bits per heavy atom. The van der Waals surface area contributed by atoms with Crippen LogP contribution in [0.1, 0.15) is 56.1 Å². The van der Waals surface area contributed by atoms with E-state index < -0.39 is 0 Å². The molecule has 1 aliphatic heterocycles. The fraction of sp³-hybridized carbons (Fsp3) is 0.667. The molecule has 2 aliphatic rings. The van der Waals surface area contributed by atoms with Crippen molar-refractivity contribution < 1.29 is 9.53 Å². The van der Waals surface area contributed by atoms with E-state index in [2.05, 4.69) is 19.2 Å². The number of rotatable bonds is 3. The molecule has 1 unspecified atom stereocenters. The van der Waals surface area contributed by atoms with Crippen molar-refractivity contribution in [3.8, 4) is 0 Å². The van der Waals surface area contributed by atoms with Gasteiger partial charge in [0.15, 0.2) is 0 Å². The van der Waals surface area contributed by atoms with Crippen molar-refractivity contribution in [2.24, 2.45) is 0 Å². The first kappa shape index (κ1) is 13.5. The average molecular weight is 277 g/mol. The number of amides is 1. The van der Waals surface area contributed by atoms with E-state index in [-0.39, 0.29) is 17.6 Å². The van der Waals surface area contributed by atoms with Crippen LogP contribution >= 0.6 is 0 Å². The lowest BCUT2D eigenvalue weighted by molar-refractivity contribution is -0.0615. The van der Waals surface area contributed by atoms with Gasteiger partial charge in [-0.15, -0.1) is 0 Å². The monoisotopic (exact) mass is 277 g/mol. The minimum Gasteiger partial charge on any atom is -0.397 e. The van der Waals surface area contributed by atoms with Crippen LogP contribution in [0.5, 0.6) is 0 Å². The quantitative estimate of drug-likeness (QED) is 0.889. The van der Waals surface area contributed by atoms with Crippen LogP contribution in [0, 0.1) is 0 Å². The minimum atomic E-state index is -0.159. The Balaban J connectivity index is 1.70. The predicted molar refractivity (Wildman–Crippen MR) is 77.6 cm³/mol. The maximum Gasteiger partial charge on any atom is 0.268 e. The van der Waals surface area contributed by atoms with Gasteiger partial charge in [0, 0.05) is 24.9 Å². The number of aromatic nitrogens is 1. The number of carbonyl (C=O) groups is 1. The highest BCUT2D eigenvalue weighted by molar-refractivity contribution is 5.94. The summed E-state index contributed by atoms with van der Waals surface area (Å²) in [5, 5.41) is 3.13. The maximum atomic E-state index is 12.5. The molecule has 0 bridgehead atoms. The molecule has 0 spiro atoms. The number of nitrogens with one attached hydrogen (secondary N) is 1. The van der Waals surface area contributed by atoms with E-state index in [0.29, 0.717) is 24.0 Å². The summed E-state index contributed by atoms with van der Waals surface area (Å²) in [7, 11) is 0. The van der Waals surface area contributed by atoms with Gasteiger partial charge in [-0.25, -0.2) is 0 Å². The van der Waals surface area contributed by atoms with Crippen LogP contribution in [0.4, 0.5) is 5.69 Å². The lowest BCUT2D eigenvalue weighted by Gasteiger charge is -2.35. The van der Waals surface area contributed by atoms with E-state index in [4.69, 9.17) is 10.5 Å². The van der Waals surface area contributed by atoms with Crippen molar-refractivity contribution in [3.63, 3.8) is 0 Å². The van der Waals surface area contributed by atoms with Gasteiger partial charge in [-0.3, -0.25) is 4.79 Å². The van der Waals surface area contributed by atoms with E-state index in [0.717, 1.165) is 25.7 Å². The molecule has 1 aromatic heterocycles. The van der Waals surface area contributed by atoms with Crippen LogP contribution in [0.15, 0.2) is 12.3 Å². The first-order valence-corrected chi connectivity index (χ1v) is 7.37. The standard InChI is InChI=1S/C15H23N3O2/c1-15(2)8-11(5-6-20-15)17-14(19)13-7-10(16)9-18(13)12-3-4-12/h7,9,11-12H,3-6,8,16H2,1-2H3,(H,17,19). The molecule has 1 saturated carbocycles. The fourth-order valence-corrected chi connectivity index (χ4v) is 2.95. The van der Waals surface area contributed by atoms with E-state index in [1.165, 1.54) is 0 Å². The van der Waals surface area contributed by atoms with Crippen molar-refractivity contribution >= 4 is 11.6 Å². The van der Waals surface area contributed by atoms with Gasteiger partial charge in [0.1, 0.15) is 5.69 Å². The fourth-order valence-electron chi connectivity index (χ4n) is 2.95. The van der Waals surface area contributed by atoms with Gasteiger partial charge in [0.25, 0.3) is 5.91 Å². The molecule has 2 heterocycles. The summed E-state index contributed by atoms with van der Waals surface area (Å²) >= 11 is 0. The SMILES string of the molecule is CC1(C)CC(NC(=O)c2cc(N)cn2C2CC2)CCO1. The summed E-state index contributed by atoms with van der Waals surface area (Å²) in [6, 6.07) is 2.41. The highest BCUT2D eigenvalue weighted by Gasteiger charge is 2.32. The van der Waals surface area contributed by atoms with Gasteiger partial charge in [0.05, 0.1) is 11.3 Å². The second-order valence-electron chi connectivity index (χ2n) is 6.57. The number of hydrogen-bond donors (Lipinski definition) is 2. The lowest BCUT2D eigenvalue weighted by atomic mass is 9.94. The molecular weight excluding hydrogens is 254 g/mol. The molecule has 5 nitrogen and oxygen atoms in total. The number of hydrogen-bond acceptors (Lipinski definition) is 3. The highest BCUT2D eigenvalue weighted by atomic mass is 16.5. The zero-order valence-corrected chi connectivity index (χ0v) is 12.2. The van der Waals surface area contributed by atoms with Crippen LogP contribution in [0.3, 0.4) is 0 Å². The molecule has 2 fully saturated rings. The van der Waals surface area contributed by atoms with Crippen LogP contribution in [0.2, 0.25) is 0 Å². The van der Waals surface area contributed by atoms with Gasteiger partial charge >= 0.3 is 0 Å². The first-order valence-electron chi connectivity index (χ1n) is 7.37. The van der Waals surface area contributed by atoms with E-state index in [9.17, 15) is 4.79 Å². The Kier molecular flexibility index (Phi) is 3.24. The summed E-state index contributed by atoms with van der Waals surface area (Å²) in [6.07, 6.45) is 5.87. The maximum absolute atomic E-state index is 12.5. The van der Waals surface area contributed by atoms with Crippen LogP contribution in [-0.2, 0) is 4.74 Å². The zero-order chi connectivity index (χ0) is 14.3. The predicted octanol–water partition coefficient (Wildman–Crippen LogP) is 2.09. The third-order valence-corrected chi connectivity index (χ3v) is 4.07. The molecule has 1 aromatic rings. The molecule has 3 N–H and O–H groups in total. The average Bonchev–Trinajstić information content (AvgIpc) is 3.11. The molecular formula is C15H23N3O2. The molecule has 0 radical (unpaired) electrons. The summed E-state index contributed by atoms with van der Waals surface area (Å²) in [6.45, 7) is 4.83. The molecule has 5 heteroatoms. The molecule has 20 heavy (non-hydrogen) atoms. The minimum absolute atomic E-state index is 0.0173. The van der Waals surface area contributed by atoms with Gasteiger partial charge < -0.3 is 20.4 Å². The Morgan fingerprint density at radius 1 is 1.45 bits per heavy atom. The molecule has 110 valence electrons. The number of nitrogens with two attached hydrogens (primary N) is 1. The molecule has 1 atom stereocenters. The Hall–Kier alpha value is -1.49.